The number of thioether (sulfide) groups is 1. The number of rotatable bonds is 5. The zero-order valence-corrected chi connectivity index (χ0v) is 13.7. The molecule has 2 aliphatic rings. The summed E-state index contributed by atoms with van der Waals surface area (Å²) >= 11 is 2.00. The highest BCUT2D eigenvalue weighted by Crippen LogP contribution is 2.38. The van der Waals surface area contributed by atoms with Crippen LogP contribution in [-0.2, 0) is 11.2 Å². The molecular weight excluding hydrogens is 282 g/mol. The van der Waals surface area contributed by atoms with Crippen LogP contribution in [0.3, 0.4) is 0 Å². The zero-order chi connectivity index (χ0) is 14.5. The summed E-state index contributed by atoms with van der Waals surface area (Å²) in [4.78, 5) is 4.68. The van der Waals surface area contributed by atoms with Crippen LogP contribution in [0.1, 0.15) is 75.9 Å². The summed E-state index contributed by atoms with van der Waals surface area (Å²) in [5.41, 5.74) is 5.99. The molecule has 118 valence electrons. The first-order chi connectivity index (χ1) is 10.3. The first kappa shape index (κ1) is 15.3. The Hall–Kier alpha value is -0.550. The lowest BCUT2D eigenvalue weighted by molar-refractivity contribution is 0.219. The minimum atomic E-state index is -0.0427. The lowest BCUT2D eigenvalue weighted by Gasteiger charge is -2.32. The fourth-order valence-electron chi connectivity index (χ4n) is 3.69. The van der Waals surface area contributed by atoms with E-state index < -0.39 is 0 Å². The quantitative estimate of drug-likeness (QED) is 0.896. The maximum atomic E-state index is 6.04. The zero-order valence-electron chi connectivity index (χ0n) is 12.9. The van der Waals surface area contributed by atoms with Gasteiger partial charge < -0.3 is 10.3 Å². The van der Waals surface area contributed by atoms with Crippen molar-refractivity contribution in [3.63, 3.8) is 0 Å². The van der Waals surface area contributed by atoms with Crippen LogP contribution in [0, 0.1) is 0 Å². The predicted octanol–water partition coefficient (Wildman–Crippen LogP) is 3.80. The normalized spacial score (nSPS) is 23.3. The summed E-state index contributed by atoms with van der Waals surface area (Å²) in [6.45, 7) is 0.629. The fourth-order valence-corrected chi connectivity index (χ4v) is 4.85. The van der Waals surface area contributed by atoms with Gasteiger partial charge >= 0.3 is 0 Å². The number of hydrogen-bond donors (Lipinski definition) is 1. The number of hydrogen-bond acceptors (Lipinski definition) is 5. The van der Waals surface area contributed by atoms with Crippen LogP contribution in [-0.4, -0.2) is 21.9 Å². The van der Waals surface area contributed by atoms with Crippen LogP contribution in [0.25, 0.3) is 0 Å². The van der Waals surface area contributed by atoms with E-state index in [9.17, 15) is 0 Å². The Morgan fingerprint density at radius 1 is 1.10 bits per heavy atom. The van der Waals surface area contributed by atoms with Gasteiger partial charge in [-0.3, -0.25) is 0 Å². The van der Waals surface area contributed by atoms with Crippen LogP contribution in [0.2, 0.25) is 0 Å². The van der Waals surface area contributed by atoms with Crippen molar-refractivity contribution >= 4 is 11.8 Å². The molecule has 0 bridgehead atoms. The summed E-state index contributed by atoms with van der Waals surface area (Å²) in [7, 11) is 0. The highest BCUT2D eigenvalue weighted by atomic mass is 32.2. The monoisotopic (exact) mass is 309 g/mol. The van der Waals surface area contributed by atoms with Crippen molar-refractivity contribution < 1.29 is 4.52 Å². The molecule has 1 heterocycles. The van der Waals surface area contributed by atoms with Crippen molar-refractivity contribution in [3.05, 3.63) is 11.7 Å². The molecule has 1 aromatic heterocycles. The number of nitrogens with two attached hydrogens (primary N) is 1. The molecule has 0 aromatic carbocycles. The van der Waals surface area contributed by atoms with Crippen LogP contribution < -0.4 is 5.73 Å². The van der Waals surface area contributed by atoms with Crippen molar-refractivity contribution in [1.29, 1.82) is 0 Å². The van der Waals surface area contributed by atoms with Crippen molar-refractivity contribution in [2.24, 2.45) is 5.73 Å². The summed E-state index contributed by atoms with van der Waals surface area (Å²) < 4.78 is 5.58. The molecule has 3 rings (SSSR count). The van der Waals surface area contributed by atoms with E-state index in [1.165, 1.54) is 51.4 Å². The molecule has 2 N–H and O–H groups in total. The molecule has 0 radical (unpaired) electrons. The van der Waals surface area contributed by atoms with Crippen LogP contribution in [0.5, 0.6) is 0 Å². The highest BCUT2D eigenvalue weighted by molar-refractivity contribution is 7.99. The van der Waals surface area contributed by atoms with Crippen LogP contribution >= 0.6 is 11.8 Å². The average molecular weight is 309 g/mol. The van der Waals surface area contributed by atoms with E-state index in [1.54, 1.807) is 0 Å². The smallest absolute Gasteiger partial charge is 0.234 e. The second kappa shape index (κ2) is 7.14. The second-order valence-corrected chi connectivity index (χ2v) is 7.92. The molecule has 2 saturated carbocycles. The van der Waals surface area contributed by atoms with E-state index in [0.717, 1.165) is 35.6 Å². The Bertz CT molecular complexity index is 436. The highest BCUT2D eigenvalue weighted by Gasteiger charge is 2.38. The van der Waals surface area contributed by atoms with Crippen molar-refractivity contribution in [3.8, 4) is 0 Å². The van der Waals surface area contributed by atoms with Crippen molar-refractivity contribution in [2.45, 2.75) is 80.6 Å². The van der Waals surface area contributed by atoms with Crippen LogP contribution in [0.4, 0.5) is 0 Å². The van der Waals surface area contributed by atoms with E-state index >= 15 is 0 Å². The maximum absolute atomic E-state index is 6.04. The lowest BCUT2D eigenvalue weighted by atomic mass is 9.74. The molecule has 0 unspecified atom stereocenters. The third-order valence-corrected chi connectivity index (χ3v) is 6.49. The lowest BCUT2D eigenvalue weighted by Crippen LogP contribution is -2.37. The van der Waals surface area contributed by atoms with E-state index in [4.69, 9.17) is 10.3 Å². The van der Waals surface area contributed by atoms with Gasteiger partial charge in [-0.15, -0.1) is 0 Å². The number of aromatic nitrogens is 2. The Balaban J connectivity index is 1.59. The van der Waals surface area contributed by atoms with Gasteiger partial charge in [-0.25, -0.2) is 0 Å². The Morgan fingerprint density at radius 3 is 2.52 bits per heavy atom. The van der Waals surface area contributed by atoms with E-state index in [-0.39, 0.29) is 5.41 Å². The molecule has 2 fully saturated rings. The largest absolute Gasteiger partial charge is 0.339 e. The third-order valence-electron chi connectivity index (χ3n) is 5.12. The van der Waals surface area contributed by atoms with Gasteiger partial charge in [-0.2, -0.15) is 16.7 Å². The fraction of sp³-hybridized carbons (Fsp3) is 0.875. The Morgan fingerprint density at radius 2 is 1.81 bits per heavy atom. The molecule has 2 aliphatic carbocycles. The van der Waals surface area contributed by atoms with Gasteiger partial charge in [-0.05, 0) is 25.7 Å². The van der Waals surface area contributed by atoms with Gasteiger partial charge in [0, 0.05) is 11.8 Å². The average Bonchev–Trinajstić information content (AvgIpc) is 3.04. The topological polar surface area (TPSA) is 64.9 Å². The molecule has 5 heteroatoms. The van der Waals surface area contributed by atoms with E-state index in [2.05, 4.69) is 10.1 Å². The van der Waals surface area contributed by atoms with Gasteiger partial charge in [-0.1, -0.05) is 43.7 Å². The summed E-state index contributed by atoms with van der Waals surface area (Å²) in [6, 6.07) is 0. The second-order valence-electron chi connectivity index (χ2n) is 6.63. The SMILES string of the molecule is NCC1(c2nc(CSC3CCCCC3)no2)CCCCC1. The molecule has 1 aromatic rings. The molecule has 0 amide bonds. The van der Waals surface area contributed by atoms with Gasteiger partial charge in [0.1, 0.15) is 0 Å². The molecule has 0 saturated heterocycles. The molecular formula is C16H27N3OS. The summed E-state index contributed by atoms with van der Waals surface area (Å²) in [5.74, 6) is 2.54. The van der Waals surface area contributed by atoms with Gasteiger partial charge in [0.05, 0.1) is 11.2 Å². The van der Waals surface area contributed by atoms with Crippen molar-refractivity contribution in [2.75, 3.05) is 6.54 Å². The van der Waals surface area contributed by atoms with Crippen LogP contribution in [0.15, 0.2) is 4.52 Å². The first-order valence-corrected chi connectivity index (χ1v) is 9.52. The molecule has 4 nitrogen and oxygen atoms in total. The molecule has 0 spiro atoms. The van der Waals surface area contributed by atoms with E-state index in [0.29, 0.717) is 6.54 Å². The first-order valence-electron chi connectivity index (χ1n) is 8.47. The van der Waals surface area contributed by atoms with Gasteiger partial charge in [0.15, 0.2) is 5.82 Å². The Labute approximate surface area is 131 Å². The summed E-state index contributed by atoms with van der Waals surface area (Å²) in [5, 5.41) is 5.00. The predicted molar refractivity (Wildman–Crippen MR) is 86.3 cm³/mol. The molecule has 21 heavy (non-hydrogen) atoms. The van der Waals surface area contributed by atoms with E-state index in [1.807, 2.05) is 11.8 Å². The molecule has 0 aliphatic heterocycles. The van der Waals surface area contributed by atoms with Crippen molar-refractivity contribution in [1.82, 2.24) is 10.1 Å². The third kappa shape index (κ3) is 3.62. The minimum absolute atomic E-state index is 0.0427. The van der Waals surface area contributed by atoms with Gasteiger partial charge in [0.2, 0.25) is 5.89 Å². The van der Waals surface area contributed by atoms with Gasteiger partial charge in [0.25, 0.3) is 0 Å². The Kier molecular flexibility index (Phi) is 5.22. The maximum Gasteiger partial charge on any atom is 0.234 e. The molecule has 0 atom stereocenters. The minimum Gasteiger partial charge on any atom is -0.339 e. The number of nitrogens with zero attached hydrogens (tertiary/aromatic N) is 2. The standard InChI is InChI=1S/C16H27N3OS/c17-12-16(9-5-2-6-10-16)15-18-14(19-20-15)11-21-13-7-3-1-4-8-13/h13H,1-12,17H2. The summed E-state index contributed by atoms with van der Waals surface area (Å²) in [6.07, 6.45) is 12.8.